The summed E-state index contributed by atoms with van der Waals surface area (Å²) in [7, 11) is 4.17. The van der Waals surface area contributed by atoms with Crippen molar-refractivity contribution in [2.24, 2.45) is 5.92 Å². The minimum atomic E-state index is -0.237. The smallest absolute Gasteiger partial charge is 0.267 e. The Kier molecular flexibility index (Phi) is 6.52. The number of benzene rings is 1. The van der Waals surface area contributed by atoms with Gasteiger partial charge < -0.3 is 15.5 Å². The molecular weight excluding hydrogens is 382 g/mol. The summed E-state index contributed by atoms with van der Waals surface area (Å²) in [6.45, 7) is 0. The molecule has 27 heavy (non-hydrogen) atoms. The van der Waals surface area contributed by atoms with Gasteiger partial charge in [0.05, 0.1) is 5.69 Å². The number of nitrogens with zero attached hydrogens (tertiary/aromatic N) is 1. The van der Waals surface area contributed by atoms with E-state index in [2.05, 4.69) is 29.6 Å². The zero-order valence-corrected chi connectivity index (χ0v) is 17.1. The Morgan fingerprint density at radius 3 is 2.33 bits per heavy atom. The standard InChI is InChI=1S/C20H24ClN3O2S/c1-24(2)16-9-3-13(4-10-16)19(25)23-17-11-12-27-18(17)20(26)22-15-7-5-14(21)6-8-15/h5-8,11-13,16H,3-4,9-10H2,1-2H3,(H,22,26)(H,23,25). The topological polar surface area (TPSA) is 61.4 Å². The van der Waals surface area contributed by atoms with Crippen molar-refractivity contribution in [3.8, 4) is 0 Å². The summed E-state index contributed by atoms with van der Waals surface area (Å²) in [5.74, 6) is -0.224. The Labute approximate surface area is 168 Å². The van der Waals surface area contributed by atoms with Crippen LogP contribution in [0.15, 0.2) is 35.7 Å². The number of anilines is 2. The molecule has 1 aliphatic carbocycles. The number of hydrogen-bond donors (Lipinski definition) is 2. The Morgan fingerprint density at radius 2 is 1.70 bits per heavy atom. The van der Waals surface area contributed by atoms with Crippen molar-refractivity contribution < 1.29 is 9.59 Å². The number of carbonyl (C=O) groups is 2. The first kappa shape index (κ1) is 19.9. The van der Waals surface area contributed by atoms with E-state index in [9.17, 15) is 9.59 Å². The van der Waals surface area contributed by atoms with Gasteiger partial charge in [-0.3, -0.25) is 9.59 Å². The zero-order chi connectivity index (χ0) is 19.4. The summed E-state index contributed by atoms with van der Waals surface area (Å²) < 4.78 is 0. The molecule has 2 N–H and O–H groups in total. The van der Waals surface area contributed by atoms with Crippen LogP contribution in [0.1, 0.15) is 35.4 Å². The third-order valence-electron chi connectivity index (χ3n) is 5.03. The molecule has 2 aromatic rings. The van der Waals surface area contributed by atoms with Gasteiger partial charge in [-0.05, 0) is 75.5 Å². The molecule has 3 rings (SSSR count). The van der Waals surface area contributed by atoms with Crippen molar-refractivity contribution in [2.45, 2.75) is 31.7 Å². The second-order valence-electron chi connectivity index (χ2n) is 7.08. The molecule has 1 heterocycles. The predicted molar refractivity (Wildman–Crippen MR) is 112 cm³/mol. The average Bonchev–Trinajstić information content (AvgIpc) is 3.12. The largest absolute Gasteiger partial charge is 0.324 e. The lowest BCUT2D eigenvalue weighted by atomic mass is 9.85. The third kappa shape index (κ3) is 5.09. The summed E-state index contributed by atoms with van der Waals surface area (Å²) in [4.78, 5) is 27.9. The Bertz CT molecular complexity index is 796. The summed E-state index contributed by atoms with van der Waals surface area (Å²) in [6, 6.07) is 9.27. The average molecular weight is 406 g/mol. The lowest BCUT2D eigenvalue weighted by molar-refractivity contribution is -0.121. The second-order valence-corrected chi connectivity index (χ2v) is 8.44. The SMILES string of the molecule is CN(C)C1CCC(C(=O)Nc2ccsc2C(=O)Nc2ccc(Cl)cc2)CC1. The molecule has 0 bridgehead atoms. The normalized spacial score (nSPS) is 19.7. The first-order valence-corrected chi connectivity index (χ1v) is 10.3. The zero-order valence-electron chi connectivity index (χ0n) is 15.5. The molecule has 7 heteroatoms. The molecule has 1 fully saturated rings. The predicted octanol–water partition coefficient (Wildman–Crippen LogP) is 4.71. The van der Waals surface area contributed by atoms with Gasteiger partial charge in [-0.25, -0.2) is 0 Å². The number of nitrogens with one attached hydrogen (secondary N) is 2. The fourth-order valence-electron chi connectivity index (χ4n) is 3.39. The molecule has 2 amide bonds. The van der Waals surface area contributed by atoms with Crippen molar-refractivity contribution in [2.75, 3.05) is 24.7 Å². The maximum absolute atomic E-state index is 12.6. The third-order valence-corrected chi connectivity index (χ3v) is 6.19. The highest BCUT2D eigenvalue weighted by molar-refractivity contribution is 7.12. The van der Waals surface area contributed by atoms with E-state index in [1.54, 1.807) is 30.3 Å². The van der Waals surface area contributed by atoms with Crippen LogP contribution in [0, 0.1) is 5.92 Å². The van der Waals surface area contributed by atoms with Crippen LogP contribution in [0.2, 0.25) is 5.02 Å². The van der Waals surface area contributed by atoms with Gasteiger partial charge >= 0.3 is 0 Å². The van der Waals surface area contributed by atoms with E-state index in [-0.39, 0.29) is 17.7 Å². The highest BCUT2D eigenvalue weighted by atomic mass is 35.5. The molecule has 1 aromatic heterocycles. The quantitative estimate of drug-likeness (QED) is 0.757. The van der Waals surface area contributed by atoms with Crippen molar-refractivity contribution in [3.05, 3.63) is 45.6 Å². The van der Waals surface area contributed by atoms with E-state index < -0.39 is 0 Å². The van der Waals surface area contributed by atoms with Crippen LogP contribution in [0.25, 0.3) is 0 Å². The van der Waals surface area contributed by atoms with Crippen LogP contribution in [-0.4, -0.2) is 36.9 Å². The molecule has 0 radical (unpaired) electrons. The lowest BCUT2D eigenvalue weighted by Crippen LogP contribution is -2.35. The molecule has 0 atom stereocenters. The van der Waals surface area contributed by atoms with E-state index >= 15 is 0 Å². The minimum absolute atomic E-state index is 0.00569. The van der Waals surface area contributed by atoms with Crippen molar-refractivity contribution >= 4 is 46.1 Å². The number of hydrogen-bond acceptors (Lipinski definition) is 4. The number of thiophene rings is 1. The van der Waals surface area contributed by atoms with E-state index in [0.29, 0.717) is 27.3 Å². The van der Waals surface area contributed by atoms with Crippen molar-refractivity contribution in [1.29, 1.82) is 0 Å². The van der Waals surface area contributed by atoms with Gasteiger partial charge in [0.25, 0.3) is 5.91 Å². The molecule has 0 saturated heterocycles. The Morgan fingerprint density at radius 1 is 1.04 bits per heavy atom. The summed E-state index contributed by atoms with van der Waals surface area (Å²) in [6.07, 6.45) is 3.81. The van der Waals surface area contributed by atoms with E-state index in [0.717, 1.165) is 25.7 Å². The van der Waals surface area contributed by atoms with Crippen molar-refractivity contribution in [1.82, 2.24) is 4.90 Å². The van der Waals surface area contributed by atoms with Gasteiger partial charge in [0.1, 0.15) is 4.88 Å². The van der Waals surface area contributed by atoms with Crippen LogP contribution in [0.4, 0.5) is 11.4 Å². The monoisotopic (exact) mass is 405 g/mol. The van der Waals surface area contributed by atoms with Gasteiger partial charge in [0.2, 0.25) is 5.91 Å². The maximum Gasteiger partial charge on any atom is 0.267 e. The van der Waals surface area contributed by atoms with Gasteiger partial charge in [-0.15, -0.1) is 11.3 Å². The molecule has 0 spiro atoms. The van der Waals surface area contributed by atoms with Crippen molar-refractivity contribution in [3.63, 3.8) is 0 Å². The van der Waals surface area contributed by atoms with Crippen LogP contribution in [0.5, 0.6) is 0 Å². The minimum Gasteiger partial charge on any atom is -0.324 e. The van der Waals surface area contributed by atoms with Gasteiger partial charge in [0.15, 0.2) is 0 Å². The first-order valence-electron chi connectivity index (χ1n) is 9.05. The number of halogens is 1. The Balaban J connectivity index is 1.60. The molecule has 144 valence electrons. The van der Waals surface area contributed by atoms with E-state index in [1.165, 1.54) is 11.3 Å². The molecule has 1 saturated carbocycles. The summed E-state index contributed by atoms with van der Waals surface area (Å²) in [5, 5.41) is 8.22. The second kappa shape index (κ2) is 8.87. The van der Waals surface area contributed by atoms with Crippen LogP contribution >= 0.6 is 22.9 Å². The fraction of sp³-hybridized carbons (Fsp3) is 0.400. The van der Waals surface area contributed by atoms with Gasteiger partial charge in [-0.2, -0.15) is 0 Å². The van der Waals surface area contributed by atoms with E-state index in [1.807, 2.05) is 5.38 Å². The fourth-order valence-corrected chi connectivity index (χ4v) is 4.26. The lowest BCUT2D eigenvalue weighted by Gasteiger charge is -2.31. The number of carbonyl (C=O) groups excluding carboxylic acids is 2. The van der Waals surface area contributed by atoms with Gasteiger partial charge in [-0.1, -0.05) is 11.6 Å². The van der Waals surface area contributed by atoms with Crippen LogP contribution in [0.3, 0.4) is 0 Å². The molecular formula is C20H24ClN3O2S. The maximum atomic E-state index is 12.6. The van der Waals surface area contributed by atoms with Gasteiger partial charge in [0, 0.05) is 22.7 Å². The van der Waals surface area contributed by atoms with E-state index in [4.69, 9.17) is 11.6 Å². The molecule has 1 aliphatic rings. The highest BCUT2D eigenvalue weighted by Crippen LogP contribution is 2.29. The molecule has 5 nitrogen and oxygen atoms in total. The number of amides is 2. The Hall–Kier alpha value is -1.89. The number of rotatable bonds is 5. The molecule has 1 aromatic carbocycles. The van der Waals surface area contributed by atoms with Crippen LogP contribution in [-0.2, 0) is 4.79 Å². The molecule has 0 unspecified atom stereocenters. The first-order chi connectivity index (χ1) is 12.9. The molecule has 0 aliphatic heterocycles. The summed E-state index contributed by atoms with van der Waals surface area (Å²) >= 11 is 7.18. The highest BCUT2D eigenvalue weighted by Gasteiger charge is 2.28. The summed E-state index contributed by atoms with van der Waals surface area (Å²) in [5.41, 5.74) is 1.24. The van der Waals surface area contributed by atoms with Crippen LogP contribution < -0.4 is 10.6 Å².